The fourth-order valence-corrected chi connectivity index (χ4v) is 1.65. The lowest BCUT2D eigenvalue weighted by Crippen LogP contribution is -2.04. The van der Waals surface area contributed by atoms with Gasteiger partial charge in [-0.15, -0.1) is 0 Å². The summed E-state index contributed by atoms with van der Waals surface area (Å²) in [6, 6.07) is 9.05. The van der Waals surface area contributed by atoms with Crippen molar-refractivity contribution in [2.75, 3.05) is 5.32 Å². The Labute approximate surface area is 101 Å². The molecule has 0 saturated heterocycles. The second-order valence-corrected chi connectivity index (χ2v) is 4.10. The van der Waals surface area contributed by atoms with Gasteiger partial charge in [0.25, 0.3) is 0 Å². The summed E-state index contributed by atoms with van der Waals surface area (Å²) in [6.07, 6.45) is 1.75. The van der Waals surface area contributed by atoms with Crippen LogP contribution in [0.2, 0.25) is 0 Å². The Kier molecular flexibility index (Phi) is 3.38. The Bertz CT molecular complexity index is 523. The lowest BCUT2D eigenvalue weighted by Gasteiger charge is -2.09. The molecule has 0 aliphatic heterocycles. The van der Waals surface area contributed by atoms with Gasteiger partial charge in [0.15, 0.2) is 0 Å². The van der Waals surface area contributed by atoms with Crippen molar-refractivity contribution in [3.05, 3.63) is 59.2 Å². The first-order chi connectivity index (χ1) is 8.16. The van der Waals surface area contributed by atoms with Crippen LogP contribution >= 0.6 is 0 Å². The molecule has 0 aliphatic carbocycles. The third-order valence-corrected chi connectivity index (χ3v) is 2.69. The van der Waals surface area contributed by atoms with Crippen LogP contribution in [0.1, 0.15) is 16.8 Å². The standard InChI is InChI=1S/C14H15FN2/c1-10-5-6-13(12(15)8-10)17-9-14-11(2)4-3-7-16-14/h3-8,17H,9H2,1-2H3. The van der Waals surface area contributed by atoms with Gasteiger partial charge in [0.1, 0.15) is 5.82 Å². The highest BCUT2D eigenvalue weighted by Crippen LogP contribution is 2.16. The summed E-state index contributed by atoms with van der Waals surface area (Å²) in [5.41, 5.74) is 3.47. The molecule has 17 heavy (non-hydrogen) atoms. The summed E-state index contributed by atoms with van der Waals surface area (Å²) in [7, 11) is 0. The third kappa shape index (κ3) is 2.81. The molecule has 2 nitrogen and oxygen atoms in total. The first kappa shape index (κ1) is 11.6. The van der Waals surface area contributed by atoms with Crippen LogP contribution in [0.15, 0.2) is 36.5 Å². The van der Waals surface area contributed by atoms with Crippen LogP contribution in [0.3, 0.4) is 0 Å². The van der Waals surface area contributed by atoms with E-state index >= 15 is 0 Å². The van der Waals surface area contributed by atoms with Crippen molar-refractivity contribution in [3.8, 4) is 0 Å². The lowest BCUT2D eigenvalue weighted by molar-refractivity contribution is 0.628. The van der Waals surface area contributed by atoms with E-state index in [1.54, 1.807) is 12.3 Å². The van der Waals surface area contributed by atoms with Crippen LogP contribution in [-0.2, 0) is 6.54 Å². The normalized spacial score (nSPS) is 10.3. The molecule has 0 amide bonds. The van der Waals surface area contributed by atoms with Crippen LogP contribution in [0.4, 0.5) is 10.1 Å². The van der Waals surface area contributed by atoms with Gasteiger partial charge < -0.3 is 5.32 Å². The van der Waals surface area contributed by atoms with Crippen molar-refractivity contribution >= 4 is 5.69 Å². The van der Waals surface area contributed by atoms with Crippen molar-refractivity contribution in [3.63, 3.8) is 0 Å². The van der Waals surface area contributed by atoms with E-state index < -0.39 is 0 Å². The van der Waals surface area contributed by atoms with Gasteiger partial charge in [0.05, 0.1) is 17.9 Å². The Balaban J connectivity index is 2.10. The zero-order valence-electron chi connectivity index (χ0n) is 10.00. The number of hydrogen-bond acceptors (Lipinski definition) is 2. The first-order valence-electron chi connectivity index (χ1n) is 5.57. The van der Waals surface area contributed by atoms with E-state index in [1.807, 2.05) is 32.0 Å². The molecule has 1 heterocycles. The highest BCUT2D eigenvalue weighted by molar-refractivity contribution is 5.46. The zero-order chi connectivity index (χ0) is 12.3. The molecule has 0 atom stereocenters. The molecule has 0 radical (unpaired) electrons. The van der Waals surface area contributed by atoms with Crippen molar-refractivity contribution in [1.82, 2.24) is 4.98 Å². The van der Waals surface area contributed by atoms with E-state index in [9.17, 15) is 4.39 Å². The molecule has 0 unspecified atom stereocenters. The van der Waals surface area contributed by atoms with E-state index in [2.05, 4.69) is 10.3 Å². The maximum atomic E-state index is 13.6. The monoisotopic (exact) mass is 230 g/mol. The molecule has 3 heteroatoms. The van der Waals surface area contributed by atoms with Crippen LogP contribution in [-0.4, -0.2) is 4.98 Å². The number of rotatable bonds is 3. The number of pyridine rings is 1. The maximum Gasteiger partial charge on any atom is 0.146 e. The Morgan fingerprint density at radius 2 is 2.06 bits per heavy atom. The SMILES string of the molecule is Cc1ccc(NCc2ncccc2C)c(F)c1. The van der Waals surface area contributed by atoms with Gasteiger partial charge in [0.2, 0.25) is 0 Å². The number of nitrogens with one attached hydrogen (secondary N) is 1. The molecular formula is C14H15FN2. The third-order valence-electron chi connectivity index (χ3n) is 2.69. The second-order valence-electron chi connectivity index (χ2n) is 4.10. The molecule has 1 N–H and O–H groups in total. The highest BCUT2D eigenvalue weighted by atomic mass is 19.1. The molecule has 1 aromatic carbocycles. The molecule has 0 saturated carbocycles. The Morgan fingerprint density at radius 3 is 2.76 bits per heavy atom. The van der Waals surface area contributed by atoms with Crippen LogP contribution in [0.25, 0.3) is 0 Å². The number of anilines is 1. The van der Waals surface area contributed by atoms with Crippen LogP contribution < -0.4 is 5.32 Å². The summed E-state index contributed by atoms with van der Waals surface area (Å²) >= 11 is 0. The summed E-state index contributed by atoms with van der Waals surface area (Å²) in [4.78, 5) is 4.26. The fourth-order valence-electron chi connectivity index (χ4n) is 1.65. The minimum Gasteiger partial charge on any atom is -0.377 e. The molecule has 2 rings (SSSR count). The zero-order valence-corrected chi connectivity index (χ0v) is 10.00. The molecule has 0 bridgehead atoms. The summed E-state index contributed by atoms with van der Waals surface area (Å²) < 4.78 is 13.6. The number of halogens is 1. The molecule has 0 aliphatic rings. The largest absolute Gasteiger partial charge is 0.377 e. The van der Waals surface area contributed by atoms with Crippen molar-refractivity contribution in [2.24, 2.45) is 0 Å². The minimum atomic E-state index is -0.224. The predicted molar refractivity (Wildman–Crippen MR) is 67.4 cm³/mol. The Morgan fingerprint density at radius 1 is 1.24 bits per heavy atom. The number of benzene rings is 1. The smallest absolute Gasteiger partial charge is 0.146 e. The lowest BCUT2D eigenvalue weighted by atomic mass is 10.2. The van der Waals surface area contributed by atoms with Crippen molar-refractivity contribution in [2.45, 2.75) is 20.4 Å². The van der Waals surface area contributed by atoms with Gasteiger partial charge >= 0.3 is 0 Å². The summed E-state index contributed by atoms with van der Waals surface area (Å²) in [5, 5.41) is 3.06. The minimum absolute atomic E-state index is 0.224. The van der Waals surface area contributed by atoms with Gasteiger partial charge in [-0.05, 0) is 43.2 Å². The van der Waals surface area contributed by atoms with Gasteiger partial charge in [-0.1, -0.05) is 12.1 Å². The van der Waals surface area contributed by atoms with E-state index in [1.165, 1.54) is 6.07 Å². The van der Waals surface area contributed by atoms with E-state index in [0.717, 1.165) is 16.8 Å². The van der Waals surface area contributed by atoms with Gasteiger partial charge in [0, 0.05) is 6.20 Å². The number of nitrogens with zero attached hydrogens (tertiary/aromatic N) is 1. The molecule has 88 valence electrons. The van der Waals surface area contributed by atoms with Gasteiger partial charge in [-0.25, -0.2) is 4.39 Å². The van der Waals surface area contributed by atoms with E-state index in [4.69, 9.17) is 0 Å². The van der Waals surface area contributed by atoms with Crippen LogP contribution in [0.5, 0.6) is 0 Å². The predicted octanol–water partition coefficient (Wildman–Crippen LogP) is 3.45. The molecule has 2 aromatic rings. The summed E-state index contributed by atoms with van der Waals surface area (Å²) in [6.45, 7) is 4.40. The van der Waals surface area contributed by atoms with E-state index in [-0.39, 0.29) is 5.82 Å². The molecular weight excluding hydrogens is 215 g/mol. The Hall–Kier alpha value is -1.90. The van der Waals surface area contributed by atoms with Crippen molar-refractivity contribution < 1.29 is 4.39 Å². The summed E-state index contributed by atoms with van der Waals surface area (Å²) in [5.74, 6) is -0.224. The topological polar surface area (TPSA) is 24.9 Å². The van der Waals surface area contributed by atoms with E-state index in [0.29, 0.717) is 12.2 Å². The first-order valence-corrected chi connectivity index (χ1v) is 5.57. The number of aromatic nitrogens is 1. The average Bonchev–Trinajstić information content (AvgIpc) is 2.30. The second kappa shape index (κ2) is 4.95. The van der Waals surface area contributed by atoms with Gasteiger partial charge in [-0.2, -0.15) is 0 Å². The fraction of sp³-hybridized carbons (Fsp3) is 0.214. The number of aryl methyl sites for hydroxylation is 2. The molecule has 0 fully saturated rings. The quantitative estimate of drug-likeness (QED) is 0.873. The number of hydrogen-bond donors (Lipinski definition) is 1. The molecule has 0 spiro atoms. The van der Waals surface area contributed by atoms with Crippen molar-refractivity contribution in [1.29, 1.82) is 0 Å². The highest BCUT2D eigenvalue weighted by Gasteiger charge is 2.03. The van der Waals surface area contributed by atoms with Crippen LogP contribution in [0, 0.1) is 19.7 Å². The molecule has 1 aromatic heterocycles. The average molecular weight is 230 g/mol. The van der Waals surface area contributed by atoms with Gasteiger partial charge in [-0.3, -0.25) is 4.98 Å². The maximum absolute atomic E-state index is 13.6.